The largest absolute Gasteiger partial charge is 0.347 e. The van der Waals surface area contributed by atoms with Crippen LogP contribution in [0.15, 0.2) is 35.7 Å². The standard InChI is InChI=1S/C20H23N5O2S/c1-12-18(13(2)25(4)24-12)23-19(27)17-11-28-20(22-17)16(21-14(3)26)10-15-8-6-5-7-9-15/h5-9,11,16H,10H2,1-4H3,(H,21,26)(H,23,27)/t16-/m0/s1. The minimum atomic E-state index is -0.289. The van der Waals surface area contributed by atoms with E-state index in [1.165, 1.54) is 18.3 Å². The van der Waals surface area contributed by atoms with Gasteiger partial charge in [-0.05, 0) is 25.8 Å². The third-order valence-corrected chi connectivity index (χ3v) is 5.42. The van der Waals surface area contributed by atoms with Gasteiger partial charge in [0.25, 0.3) is 5.91 Å². The Balaban J connectivity index is 1.79. The molecule has 7 nitrogen and oxygen atoms in total. The smallest absolute Gasteiger partial charge is 0.275 e. The molecule has 1 aromatic carbocycles. The fourth-order valence-electron chi connectivity index (χ4n) is 2.98. The molecule has 0 saturated carbocycles. The Morgan fingerprint density at radius 3 is 2.54 bits per heavy atom. The lowest BCUT2D eigenvalue weighted by Crippen LogP contribution is -2.27. The maximum atomic E-state index is 12.7. The number of aromatic nitrogens is 3. The third-order valence-electron chi connectivity index (χ3n) is 4.46. The number of hydrogen-bond acceptors (Lipinski definition) is 5. The normalized spacial score (nSPS) is 11.9. The average molecular weight is 398 g/mol. The van der Waals surface area contributed by atoms with Crippen LogP contribution < -0.4 is 10.6 Å². The van der Waals surface area contributed by atoms with Crippen LogP contribution in [0.25, 0.3) is 0 Å². The molecule has 0 spiro atoms. The number of nitrogens with zero attached hydrogens (tertiary/aromatic N) is 3. The summed E-state index contributed by atoms with van der Waals surface area (Å²) in [5, 5.41) is 12.5. The lowest BCUT2D eigenvalue weighted by Gasteiger charge is -2.15. The molecule has 146 valence electrons. The molecule has 0 aliphatic heterocycles. The fraction of sp³-hybridized carbons (Fsp3) is 0.300. The van der Waals surface area contributed by atoms with Gasteiger partial charge in [0.05, 0.1) is 23.1 Å². The topological polar surface area (TPSA) is 88.9 Å². The molecular formula is C20H23N5O2S. The molecular weight excluding hydrogens is 374 g/mol. The Labute approximate surface area is 167 Å². The summed E-state index contributed by atoms with van der Waals surface area (Å²) < 4.78 is 1.73. The van der Waals surface area contributed by atoms with E-state index in [-0.39, 0.29) is 17.9 Å². The van der Waals surface area contributed by atoms with E-state index in [4.69, 9.17) is 0 Å². The molecule has 2 N–H and O–H groups in total. The monoisotopic (exact) mass is 397 g/mol. The number of benzene rings is 1. The van der Waals surface area contributed by atoms with Gasteiger partial charge >= 0.3 is 0 Å². The summed E-state index contributed by atoms with van der Waals surface area (Å²) in [6.45, 7) is 5.23. The van der Waals surface area contributed by atoms with E-state index >= 15 is 0 Å². The predicted molar refractivity (Wildman–Crippen MR) is 109 cm³/mol. The first-order valence-electron chi connectivity index (χ1n) is 8.93. The molecule has 2 heterocycles. The molecule has 0 radical (unpaired) electrons. The van der Waals surface area contributed by atoms with Crippen molar-refractivity contribution < 1.29 is 9.59 Å². The minimum absolute atomic E-state index is 0.135. The van der Waals surface area contributed by atoms with Crippen molar-refractivity contribution in [1.29, 1.82) is 0 Å². The van der Waals surface area contributed by atoms with Crippen LogP contribution in [0.2, 0.25) is 0 Å². The van der Waals surface area contributed by atoms with E-state index in [1.54, 1.807) is 10.1 Å². The molecule has 0 aliphatic rings. The van der Waals surface area contributed by atoms with Gasteiger partial charge in [-0.2, -0.15) is 5.10 Å². The van der Waals surface area contributed by atoms with Crippen LogP contribution in [0.1, 0.15) is 45.4 Å². The number of carbonyl (C=O) groups is 2. The number of amides is 2. The third kappa shape index (κ3) is 4.45. The van der Waals surface area contributed by atoms with Crippen molar-refractivity contribution in [3.05, 3.63) is 63.4 Å². The summed E-state index contributed by atoms with van der Waals surface area (Å²) in [4.78, 5) is 28.8. The number of nitrogens with one attached hydrogen (secondary N) is 2. The van der Waals surface area contributed by atoms with E-state index in [2.05, 4.69) is 20.7 Å². The molecule has 0 bridgehead atoms. The number of hydrogen-bond donors (Lipinski definition) is 2. The summed E-state index contributed by atoms with van der Waals surface area (Å²) in [6.07, 6.45) is 0.607. The number of aryl methyl sites for hydroxylation is 2. The van der Waals surface area contributed by atoms with Gasteiger partial charge in [0.15, 0.2) is 0 Å². The van der Waals surface area contributed by atoms with Crippen LogP contribution in [0.5, 0.6) is 0 Å². The second-order valence-electron chi connectivity index (χ2n) is 6.64. The summed E-state index contributed by atoms with van der Waals surface area (Å²) in [7, 11) is 1.83. The molecule has 2 amide bonds. The van der Waals surface area contributed by atoms with Crippen molar-refractivity contribution in [2.75, 3.05) is 5.32 Å². The molecule has 28 heavy (non-hydrogen) atoms. The highest BCUT2D eigenvalue weighted by molar-refractivity contribution is 7.10. The van der Waals surface area contributed by atoms with E-state index in [0.717, 1.165) is 17.0 Å². The number of thiazole rings is 1. The molecule has 0 fully saturated rings. The highest BCUT2D eigenvalue weighted by Gasteiger charge is 2.21. The maximum Gasteiger partial charge on any atom is 0.275 e. The SMILES string of the molecule is CC(=O)N[C@@H](Cc1ccccc1)c1nc(C(=O)Nc2c(C)nn(C)c2C)cs1. The van der Waals surface area contributed by atoms with Crippen LogP contribution in [-0.2, 0) is 18.3 Å². The van der Waals surface area contributed by atoms with Crippen molar-refractivity contribution in [2.24, 2.45) is 7.05 Å². The molecule has 8 heteroatoms. The predicted octanol–water partition coefficient (Wildman–Crippen LogP) is 3.17. The zero-order valence-electron chi connectivity index (χ0n) is 16.3. The van der Waals surface area contributed by atoms with Crippen molar-refractivity contribution in [3.63, 3.8) is 0 Å². The summed E-state index contributed by atoms with van der Waals surface area (Å²) >= 11 is 1.36. The van der Waals surface area contributed by atoms with Crippen molar-refractivity contribution in [3.8, 4) is 0 Å². The van der Waals surface area contributed by atoms with Crippen LogP contribution in [0.3, 0.4) is 0 Å². The van der Waals surface area contributed by atoms with Crippen molar-refractivity contribution >= 4 is 28.8 Å². The van der Waals surface area contributed by atoms with Gasteiger partial charge in [-0.25, -0.2) is 4.98 Å². The van der Waals surface area contributed by atoms with Gasteiger partial charge in [-0.3, -0.25) is 14.3 Å². The Kier molecular flexibility index (Phi) is 5.89. The highest BCUT2D eigenvalue weighted by Crippen LogP contribution is 2.24. The second kappa shape index (κ2) is 8.35. The molecule has 0 unspecified atom stereocenters. The Morgan fingerprint density at radius 1 is 1.21 bits per heavy atom. The first-order valence-corrected chi connectivity index (χ1v) is 9.81. The van der Waals surface area contributed by atoms with Crippen LogP contribution in [-0.4, -0.2) is 26.6 Å². The van der Waals surface area contributed by atoms with E-state index in [0.29, 0.717) is 22.8 Å². The van der Waals surface area contributed by atoms with E-state index < -0.39 is 0 Å². The molecule has 0 aliphatic carbocycles. The van der Waals surface area contributed by atoms with Crippen LogP contribution in [0.4, 0.5) is 5.69 Å². The number of anilines is 1. The van der Waals surface area contributed by atoms with E-state index in [9.17, 15) is 9.59 Å². The zero-order chi connectivity index (χ0) is 20.3. The molecule has 2 aromatic heterocycles. The molecule has 0 saturated heterocycles. The Morgan fingerprint density at radius 2 is 1.93 bits per heavy atom. The van der Waals surface area contributed by atoms with Crippen LogP contribution in [0, 0.1) is 13.8 Å². The average Bonchev–Trinajstić information content (AvgIpc) is 3.23. The first-order chi connectivity index (χ1) is 13.3. The fourth-order valence-corrected chi connectivity index (χ4v) is 3.83. The zero-order valence-corrected chi connectivity index (χ0v) is 17.1. The van der Waals surface area contributed by atoms with Gasteiger partial charge in [-0.15, -0.1) is 11.3 Å². The molecule has 1 atom stereocenters. The second-order valence-corrected chi connectivity index (χ2v) is 7.53. The summed E-state index contributed by atoms with van der Waals surface area (Å²) in [5.74, 6) is -0.424. The van der Waals surface area contributed by atoms with Gasteiger partial charge in [0.1, 0.15) is 10.7 Å². The van der Waals surface area contributed by atoms with Gasteiger partial charge in [-0.1, -0.05) is 30.3 Å². The van der Waals surface area contributed by atoms with Gasteiger partial charge in [0, 0.05) is 19.4 Å². The quantitative estimate of drug-likeness (QED) is 0.669. The highest BCUT2D eigenvalue weighted by atomic mass is 32.1. The van der Waals surface area contributed by atoms with Gasteiger partial charge in [0.2, 0.25) is 5.91 Å². The molecule has 3 rings (SSSR count). The lowest BCUT2D eigenvalue weighted by atomic mass is 10.1. The van der Waals surface area contributed by atoms with Crippen LogP contribution >= 0.6 is 11.3 Å². The van der Waals surface area contributed by atoms with Crippen molar-refractivity contribution in [1.82, 2.24) is 20.1 Å². The minimum Gasteiger partial charge on any atom is -0.347 e. The number of carbonyl (C=O) groups excluding carboxylic acids is 2. The van der Waals surface area contributed by atoms with Gasteiger partial charge < -0.3 is 10.6 Å². The Hall–Kier alpha value is -3.00. The maximum absolute atomic E-state index is 12.7. The Bertz CT molecular complexity index is 993. The summed E-state index contributed by atoms with van der Waals surface area (Å²) in [5.41, 5.74) is 3.74. The number of rotatable bonds is 6. The lowest BCUT2D eigenvalue weighted by molar-refractivity contribution is -0.119. The van der Waals surface area contributed by atoms with Crippen molar-refractivity contribution in [2.45, 2.75) is 33.2 Å². The first kappa shape index (κ1) is 19.8. The summed E-state index contributed by atoms with van der Waals surface area (Å²) in [6, 6.07) is 9.59. The van der Waals surface area contributed by atoms with E-state index in [1.807, 2.05) is 51.2 Å². The molecule has 3 aromatic rings.